The summed E-state index contributed by atoms with van der Waals surface area (Å²) >= 11 is 0. The molecule has 1 N–H and O–H groups in total. The van der Waals surface area contributed by atoms with Crippen molar-refractivity contribution in [1.29, 1.82) is 0 Å². The molecule has 168 valence electrons. The van der Waals surface area contributed by atoms with E-state index in [2.05, 4.69) is 0 Å². The number of carbonyl (C=O) groups is 2. The van der Waals surface area contributed by atoms with Crippen LogP contribution in [0.15, 0.2) is 48.0 Å². The molecule has 0 bridgehead atoms. The number of aliphatic hydroxyl groups excluding tert-OH is 1. The third kappa shape index (κ3) is 4.00. The average molecular weight is 439 g/mol. The van der Waals surface area contributed by atoms with Crippen molar-refractivity contribution in [2.24, 2.45) is 0 Å². The van der Waals surface area contributed by atoms with Gasteiger partial charge in [-0.1, -0.05) is 18.2 Å². The van der Waals surface area contributed by atoms with E-state index in [4.69, 9.17) is 9.47 Å². The molecule has 4 rings (SSSR count). The van der Waals surface area contributed by atoms with Crippen LogP contribution in [0.4, 0.5) is 4.39 Å². The minimum atomic E-state index is -1.05. The van der Waals surface area contributed by atoms with Gasteiger partial charge in [-0.05, 0) is 50.6 Å². The number of benzene rings is 2. The van der Waals surface area contributed by atoms with Crippen molar-refractivity contribution in [3.8, 4) is 5.75 Å². The Kier molecular flexibility index (Phi) is 6.02. The zero-order chi connectivity index (χ0) is 23.0. The molecule has 7 heteroatoms. The number of amides is 1. The van der Waals surface area contributed by atoms with E-state index in [-0.39, 0.29) is 42.3 Å². The Morgan fingerprint density at radius 1 is 1.25 bits per heavy atom. The van der Waals surface area contributed by atoms with Gasteiger partial charge in [-0.2, -0.15) is 0 Å². The van der Waals surface area contributed by atoms with Gasteiger partial charge in [-0.3, -0.25) is 9.59 Å². The predicted molar refractivity (Wildman–Crippen MR) is 117 cm³/mol. The Bertz CT molecular complexity index is 1090. The summed E-state index contributed by atoms with van der Waals surface area (Å²) in [7, 11) is 0. The van der Waals surface area contributed by atoms with Crippen molar-refractivity contribution in [2.45, 2.75) is 45.4 Å². The molecule has 6 nitrogen and oxygen atoms in total. The highest BCUT2D eigenvalue weighted by Crippen LogP contribution is 2.41. The fourth-order valence-corrected chi connectivity index (χ4v) is 4.24. The summed E-state index contributed by atoms with van der Waals surface area (Å²) in [6, 6.07) is 10.0. The van der Waals surface area contributed by atoms with Gasteiger partial charge in [0.15, 0.2) is 0 Å². The Balaban J connectivity index is 1.80. The molecule has 32 heavy (non-hydrogen) atoms. The Morgan fingerprint density at radius 2 is 2.00 bits per heavy atom. The van der Waals surface area contributed by atoms with Crippen molar-refractivity contribution >= 4 is 17.4 Å². The molecule has 0 saturated carbocycles. The number of aliphatic hydroxyl groups is 1. The summed E-state index contributed by atoms with van der Waals surface area (Å²) in [5, 5.41) is 11.1. The number of hydrogen-bond acceptors (Lipinski definition) is 5. The number of rotatable bonds is 6. The molecule has 2 atom stereocenters. The molecular weight excluding hydrogens is 413 g/mol. The highest BCUT2D eigenvalue weighted by atomic mass is 19.1. The van der Waals surface area contributed by atoms with Crippen LogP contribution >= 0.6 is 0 Å². The minimum Gasteiger partial charge on any atom is -0.507 e. The smallest absolute Gasteiger partial charge is 0.295 e. The van der Waals surface area contributed by atoms with Gasteiger partial charge in [0.25, 0.3) is 11.7 Å². The Morgan fingerprint density at radius 3 is 2.72 bits per heavy atom. The third-order valence-electron chi connectivity index (χ3n) is 5.69. The first-order valence-electron chi connectivity index (χ1n) is 10.7. The van der Waals surface area contributed by atoms with Gasteiger partial charge in [0, 0.05) is 24.1 Å². The zero-order valence-electron chi connectivity index (χ0n) is 18.3. The van der Waals surface area contributed by atoms with Crippen LogP contribution in [0.25, 0.3) is 5.76 Å². The number of carbonyl (C=O) groups excluding carboxylic acids is 2. The van der Waals surface area contributed by atoms with Gasteiger partial charge in [-0.15, -0.1) is 0 Å². The topological polar surface area (TPSA) is 76.1 Å². The lowest BCUT2D eigenvalue weighted by Gasteiger charge is -2.26. The van der Waals surface area contributed by atoms with E-state index < -0.39 is 23.5 Å². The van der Waals surface area contributed by atoms with Crippen molar-refractivity contribution in [2.75, 3.05) is 13.2 Å². The lowest BCUT2D eigenvalue weighted by Crippen LogP contribution is -2.33. The van der Waals surface area contributed by atoms with E-state index in [9.17, 15) is 19.1 Å². The quantitative estimate of drug-likeness (QED) is 0.418. The molecule has 0 spiro atoms. The maximum atomic E-state index is 14.8. The van der Waals surface area contributed by atoms with Crippen molar-refractivity contribution < 1.29 is 28.6 Å². The maximum absolute atomic E-state index is 14.8. The molecule has 0 radical (unpaired) electrons. The third-order valence-corrected chi connectivity index (χ3v) is 5.69. The molecule has 0 aromatic heterocycles. The molecule has 2 unspecified atom stereocenters. The van der Waals surface area contributed by atoms with Crippen LogP contribution in [-0.2, 0) is 20.7 Å². The molecule has 2 heterocycles. The summed E-state index contributed by atoms with van der Waals surface area (Å²) < 4.78 is 26.0. The fourth-order valence-electron chi connectivity index (χ4n) is 4.24. The fraction of sp³-hybridized carbons (Fsp3) is 0.360. The maximum Gasteiger partial charge on any atom is 0.295 e. The van der Waals surface area contributed by atoms with Crippen LogP contribution in [-0.4, -0.2) is 47.1 Å². The Labute approximate surface area is 186 Å². The van der Waals surface area contributed by atoms with Crippen LogP contribution in [0.1, 0.15) is 43.5 Å². The lowest BCUT2D eigenvalue weighted by molar-refractivity contribution is -0.140. The van der Waals surface area contributed by atoms with Crippen LogP contribution in [0, 0.1) is 5.82 Å². The molecule has 2 aliphatic rings. The lowest BCUT2D eigenvalue weighted by atomic mass is 9.94. The number of halogens is 1. The number of nitrogens with zero attached hydrogens (tertiary/aromatic N) is 1. The minimum absolute atomic E-state index is 0.0207. The van der Waals surface area contributed by atoms with Crippen molar-refractivity contribution in [3.63, 3.8) is 0 Å². The van der Waals surface area contributed by atoms with Crippen LogP contribution < -0.4 is 4.74 Å². The van der Waals surface area contributed by atoms with E-state index >= 15 is 0 Å². The molecule has 0 aliphatic carbocycles. The second-order valence-corrected chi connectivity index (χ2v) is 8.39. The molecule has 1 amide bonds. The summed E-state index contributed by atoms with van der Waals surface area (Å²) in [6.07, 6.45) is 0.635. The number of ketones is 1. The van der Waals surface area contributed by atoms with E-state index in [1.54, 1.807) is 24.3 Å². The van der Waals surface area contributed by atoms with Gasteiger partial charge in [0.1, 0.15) is 23.4 Å². The second kappa shape index (κ2) is 8.74. The van der Waals surface area contributed by atoms with Crippen molar-refractivity contribution in [1.82, 2.24) is 4.90 Å². The second-order valence-electron chi connectivity index (χ2n) is 8.39. The number of hydrogen-bond donors (Lipinski definition) is 1. The standard InChI is InChI=1S/C25H26FNO5/c1-14(2)31-11-10-27-22(18-6-4-5-7-19(18)26)21(24(29)25(27)30)23(28)16-8-9-20-17(13-16)12-15(3)32-20/h4-9,13-15,22,28H,10-12H2,1-3H3/b23-21+. The molecule has 1 fully saturated rings. The van der Waals surface area contributed by atoms with E-state index in [0.29, 0.717) is 12.0 Å². The Hall–Kier alpha value is -3.19. The van der Waals surface area contributed by atoms with E-state index in [1.165, 1.54) is 23.1 Å². The monoisotopic (exact) mass is 439 g/mol. The zero-order valence-corrected chi connectivity index (χ0v) is 18.3. The summed E-state index contributed by atoms with van der Waals surface area (Å²) in [4.78, 5) is 27.2. The number of likely N-dealkylation sites (tertiary alicyclic amines) is 1. The highest BCUT2D eigenvalue weighted by molar-refractivity contribution is 6.46. The summed E-state index contributed by atoms with van der Waals surface area (Å²) in [5.74, 6) is -1.79. The van der Waals surface area contributed by atoms with Crippen LogP contribution in [0.3, 0.4) is 0 Å². The average Bonchev–Trinajstić information content (AvgIpc) is 3.24. The van der Waals surface area contributed by atoms with Gasteiger partial charge < -0.3 is 19.5 Å². The number of fused-ring (bicyclic) bond motifs is 1. The highest BCUT2D eigenvalue weighted by Gasteiger charge is 2.46. The molecule has 2 aliphatic heterocycles. The van der Waals surface area contributed by atoms with Gasteiger partial charge >= 0.3 is 0 Å². The first-order valence-corrected chi connectivity index (χ1v) is 10.7. The first-order chi connectivity index (χ1) is 15.3. The van der Waals surface area contributed by atoms with Gasteiger partial charge in [0.2, 0.25) is 0 Å². The van der Waals surface area contributed by atoms with E-state index in [0.717, 1.165) is 11.3 Å². The molecule has 2 aromatic rings. The summed E-state index contributed by atoms with van der Waals surface area (Å²) in [6.45, 7) is 5.95. The largest absolute Gasteiger partial charge is 0.507 e. The predicted octanol–water partition coefficient (Wildman–Crippen LogP) is 4.00. The summed E-state index contributed by atoms with van der Waals surface area (Å²) in [5.41, 5.74) is 1.32. The number of Topliss-reactive ketones (excluding diaryl/α,β-unsaturated/α-hetero) is 1. The molecular formula is C25H26FNO5. The molecule has 1 saturated heterocycles. The van der Waals surface area contributed by atoms with Crippen LogP contribution in [0.5, 0.6) is 5.75 Å². The first kappa shape index (κ1) is 22.0. The molecule has 2 aromatic carbocycles. The van der Waals surface area contributed by atoms with Crippen molar-refractivity contribution in [3.05, 3.63) is 70.5 Å². The van der Waals surface area contributed by atoms with E-state index in [1.807, 2.05) is 20.8 Å². The van der Waals surface area contributed by atoms with Crippen LogP contribution in [0.2, 0.25) is 0 Å². The normalized spacial score (nSPS) is 21.8. The SMILES string of the molecule is CC(C)OCCN1C(=O)C(=O)/C(=C(/O)c2ccc3c(c2)CC(C)O3)C1c1ccccc1F. The number of ether oxygens (including phenoxy) is 2. The van der Waals surface area contributed by atoms with Gasteiger partial charge in [0.05, 0.1) is 24.3 Å². The van der Waals surface area contributed by atoms with Gasteiger partial charge in [-0.25, -0.2) is 4.39 Å².